The maximum atomic E-state index is 6.84. The van der Waals surface area contributed by atoms with Crippen LogP contribution in [0.3, 0.4) is 0 Å². The second-order valence-electron chi connectivity index (χ2n) is 3.21. The van der Waals surface area contributed by atoms with Gasteiger partial charge in [0, 0.05) is 0 Å². The number of hydrogen-bond donors (Lipinski definition) is 4. The van der Waals surface area contributed by atoms with Crippen LogP contribution >= 0.6 is 12.4 Å². The SMILES string of the molecule is CC(C)(C)N=C(N)NC(=N)N.Cl. The fraction of sp³-hybridized carbons (Fsp3) is 0.667. The molecule has 0 aromatic heterocycles. The van der Waals surface area contributed by atoms with Gasteiger partial charge in [0.2, 0.25) is 0 Å². The van der Waals surface area contributed by atoms with Crippen molar-refractivity contribution < 1.29 is 0 Å². The van der Waals surface area contributed by atoms with Crippen LogP contribution in [0.5, 0.6) is 0 Å². The lowest BCUT2D eigenvalue weighted by Gasteiger charge is -2.13. The Balaban J connectivity index is 0. The molecule has 0 rings (SSSR count). The van der Waals surface area contributed by atoms with E-state index >= 15 is 0 Å². The third kappa shape index (κ3) is 9.03. The summed E-state index contributed by atoms with van der Waals surface area (Å²) >= 11 is 0. The van der Waals surface area contributed by atoms with E-state index in [1.54, 1.807) is 0 Å². The number of rotatable bonds is 0. The van der Waals surface area contributed by atoms with Crippen molar-refractivity contribution in [2.45, 2.75) is 26.3 Å². The van der Waals surface area contributed by atoms with Gasteiger partial charge in [0.15, 0.2) is 11.9 Å². The molecule has 0 unspecified atom stereocenters. The summed E-state index contributed by atoms with van der Waals surface area (Å²) in [5.41, 5.74) is 10.2. The molecular weight excluding hydrogens is 178 g/mol. The van der Waals surface area contributed by atoms with E-state index in [0.717, 1.165) is 0 Å². The molecule has 0 aromatic rings. The number of nitrogens with two attached hydrogens (primary N) is 2. The monoisotopic (exact) mass is 193 g/mol. The highest BCUT2D eigenvalue weighted by Gasteiger charge is 2.07. The first-order valence-corrected chi connectivity index (χ1v) is 3.27. The lowest BCUT2D eigenvalue weighted by molar-refractivity contribution is 0.581. The van der Waals surface area contributed by atoms with Crippen LogP contribution in [0, 0.1) is 5.41 Å². The average Bonchev–Trinajstić information content (AvgIpc) is 1.53. The van der Waals surface area contributed by atoms with Crippen molar-refractivity contribution >= 4 is 24.3 Å². The van der Waals surface area contributed by atoms with E-state index in [0.29, 0.717) is 0 Å². The van der Waals surface area contributed by atoms with Gasteiger partial charge < -0.3 is 11.5 Å². The second-order valence-corrected chi connectivity index (χ2v) is 3.21. The lowest BCUT2D eigenvalue weighted by Crippen LogP contribution is -2.42. The Morgan fingerprint density at radius 2 is 1.75 bits per heavy atom. The summed E-state index contributed by atoms with van der Waals surface area (Å²) < 4.78 is 0. The molecule has 0 fully saturated rings. The van der Waals surface area contributed by atoms with Crippen LogP contribution in [-0.4, -0.2) is 17.5 Å². The van der Waals surface area contributed by atoms with E-state index in [1.165, 1.54) is 0 Å². The Morgan fingerprint density at radius 3 is 2.00 bits per heavy atom. The molecule has 5 nitrogen and oxygen atoms in total. The number of nitrogens with zero attached hydrogens (tertiary/aromatic N) is 1. The summed E-state index contributed by atoms with van der Waals surface area (Å²) in [5.74, 6) is -0.0273. The van der Waals surface area contributed by atoms with E-state index in [9.17, 15) is 0 Å². The molecule has 0 heterocycles. The van der Waals surface area contributed by atoms with Gasteiger partial charge in [-0.2, -0.15) is 0 Å². The first-order valence-electron chi connectivity index (χ1n) is 3.27. The van der Waals surface area contributed by atoms with Crippen LogP contribution in [0.1, 0.15) is 20.8 Å². The van der Waals surface area contributed by atoms with E-state index in [4.69, 9.17) is 16.9 Å². The van der Waals surface area contributed by atoms with Crippen molar-refractivity contribution in [3.05, 3.63) is 0 Å². The van der Waals surface area contributed by atoms with Crippen LogP contribution < -0.4 is 16.8 Å². The summed E-state index contributed by atoms with van der Waals surface area (Å²) in [4.78, 5) is 4.01. The zero-order valence-electron chi connectivity index (χ0n) is 7.51. The third-order valence-corrected chi connectivity index (χ3v) is 0.719. The van der Waals surface area contributed by atoms with Crippen molar-refractivity contribution in [1.29, 1.82) is 5.41 Å². The largest absolute Gasteiger partial charge is 0.370 e. The predicted octanol–water partition coefficient (Wildman–Crippen LogP) is 0.00447. The van der Waals surface area contributed by atoms with Crippen molar-refractivity contribution in [3.8, 4) is 0 Å². The highest BCUT2D eigenvalue weighted by Crippen LogP contribution is 2.04. The van der Waals surface area contributed by atoms with Crippen molar-refractivity contribution in [1.82, 2.24) is 5.32 Å². The molecule has 12 heavy (non-hydrogen) atoms. The molecule has 0 amide bonds. The molecule has 0 radical (unpaired) electrons. The topological polar surface area (TPSA) is 100 Å². The minimum absolute atomic E-state index is 0. The summed E-state index contributed by atoms with van der Waals surface area (Å²) in [6, 6.07) is 0. The molecule has 6 heteroatoms. The molecule has 0 aliphatic heterocycles. The van der Waals surface area contributed by atoms with Crippen LogP contribution in [0.25, 0.3) is 0 Å². The van der Waals surface area contributed by atoms with Gasteiger partial charge in [0.05, 0.1) is 5.54 Å². The van der Waals surface area contributed by atoms with Gasteiger partial charge in [-0.25, -0.2) is 4.99 Å². The van der Waals surface area contributed by atoms with Gasteiger partial charge in [-0.1, -0.05) is 0 Å². The molecular formula is C6H16ClN5. The number of guanidine groups is 2. The fourth-order valence-corrected chi connectivity index (χ4v) is 0.527. The van der Waals surface area contributed by atoms with Gasteiger partial charge in [-0.05, 0) is 20.8 Å². The van der Waals surface area contributed by atoms with Gasteiger partial charge in [0.25, 0.3) is 0 Å². The van der Waals surface area contributed by atoms with Crippen LogP contribution in [0.2, 0.25) is 0 Å². The van der Waals surface area contributed by atoms with Crippen molar-refractivity contribution in [2.75, 3.05) is 0 Å². The summed E-state index contributed by atoms with van der Waals surface area (Å²) in [6.45, 7) is 5.71. The maximum absolute atomic E-state index is 6.84. The van der Waals surface area contributed by atoms with Crippen molar-refractivity contribution in [2.24, 2.45) is 16.5 Å². The van der Waals surface area contributed by atoms with Gasteiger partial charge >= 0.3 is 0 Å². The standard InChI is InChI=1S/C6H15N5.ClH/c1-6(2,3)11-5(9)10-4(7)8;/h1-3H3,(H6,7,8,9,10,11);1H. The minimum Gasteiger partial charge on any atom is -0.370 e. The van der Waals surface area contributed by atoms with Crippen molar-refractivity contribution in [3.63, 3.8) is 0 Å². The smallest absolute Gasteiger partial charge is 0.195 e. The molecule has 0 aliphatic rings. The van der Waals surface area contributed by atoms with Gasteiger partial charge in [-0.3, -0.25) is 10.7 Å². The zero-order chi connectivity index (χ0) is 9.07. The Kier molecular flexibility index (Phi) is 5.46. The number of hydrogen-bond acceptors (Lipinski definition) is 2. The third-order valence-electron chi connectivity index (χ3n) is 0.719. The molecule has 6 N–H and O–H groups in total. The van der Waals surface area contributed by atoms with Gasteiger partial charge in [0.1, 0.15) is 0 Å². The molecule has 0 bridgehead atoms. The number of aliphatic imine (C=N–C) groups is 1. The van der Waals surface area contributed by atoms with Crippen LogP contribution in [0.4, 0.5) is 0 Å². The summed E-state index contributed by atoms with van der Waals surface area (Å²) in [5, 5.41) is 9.23. The first kappa shape index (κ1) is 13.6. The van der Waals surface area contributed by atoms with E-state index < -0.39 is 0 Å². The highest BCUT2D eigenvalue weighted by atomic mass is 35.5. The van der Waals surface area contributed by atoms with Crippen LogP contribution in [0.15, 0.2) is 4.99 Å². The Hall–Kier alpha value is -0.970. The normalized spacial score (nSPS) is 11.8. The molecule has 72 valence electrons. The Bertz CT molecular complexity index is 181. The highest BCUT2D eigenvalue weighted by molar-refractivity contribution is 5.95. The molecule has 0 saturated heterocycles. The fourth-order valence-electron chi connectivity index (χ4n) is 0.527. The Labute approximate surface area is 78.5 Å². The number of nitrogens with one attached hydrogen (secondary N) is 2. The number of halogens is 1. The quantitative estimate of drug-likeness (QED) is 0.322. The van der Waals surface area contributed by atoms with E-state index in [1.807, 2.05) is 20.8 Å². The minimum atomic E-state index is -0.244. The molecule has 0 aliphatic carbocycles. The zero-order valence-corrected chi connectivity index (χ0v) is 8.33. The maximum Gasteiger partial charge on any atom is 0.195 e. The molecule has 0 aromatic carbocycles. The van der Waals surface area contributed by atoms with Crippen LogP contribution in [-0.2, 0) is 0 Å². The molecule has 0 spiro atoms. The van der Waals surface area contributed by atoms with Gasteiger partial charge in [-0.15, -0.1) is 12.4 Å². The first-order chi connectivity index (χ1) is 4.81. The summed E-state index contributed by atoms with van der Waals surface area (Å²) in [6.07, 6.45) is 0. The second kappa shape index (κ2) is 4.82. The van der Waals surface area contributed by atoms with E-state index in [-0.39, 0.29) is 29.9 Å². The molecule has 0 saturated carbocycles. The predicted molar refractivity (Wildman–Crippen MR) is 53.7 cm³/mol. The van der Waals surface area contributed by atoms with E-state index in [2.05, 4.69) is 10.3 Å². The average molecular weight is 194 g/mol. The Morgan fingerprint density at radius 1 is 1.33 bits per heavy atom. The lowest BCUT2D eigenvalue weighted by atomic mass is 10.1. The molecule has 0 atom stereocenters. The summed E-state index contributed by atoms with van der Waals surface area (Å²) in [7, 11) is 0.